The van der Waals surface area contributed by atoms with E-state index >= 15 is 0 Å². The van der Waals surface area contributed by atoms with E-state index in [2.05, 4.69) is 5.32 Å². The molecule has 0 aliphatic carbocycles. The van der Waals surface area contributed by atoms with Gasteiger partial charge in [0.2, 0.25) is 0 Å². The van der Waals surface area contributed by atoms with Gasteiger partial charge in [-0.1, -0.05) is 0 Å². The zero-order valence-electron chi connectivity index (χ0n) is 6.36. The van der Waals surface area contributed by atoms with Gasteiger partial charge in [0, 0.05) is 12.6 Å². The summed E-state index contributed by atoms with van der Waals surface area (Å²) >= 11 is 0. The zero-order valence-corrected chi connectivity index (χ0v) is 6.36. The fraction of sp³-hybridized carbons (Fsp3) is 1.00. The van der Waals surface area contributed by atoms with E-state index < -0.39 is 5.67 Å². The van der Waals surface area contributed by atoms with E-state index in [9.17, 15) is 4.39 Å². The first-order valence-corrected chi connectivity index (χ1v) is 3.80. The highest BCUT2D eigenvalue weighted by molar-refractivity contribution is 4.92. The van der Waals surface area contributed by atoms with Crippen LogP contribution in [0, 0.1) is 0 Å². The fourth-order valence-corrected chi connectivity index (χ4v) is 1.28. The highest BCUT2D eigenvalue weighted by Crippen LogP contribution is 2.23. The lowest BCUT2D eigenvalue weighted by atomic mass is 9.90. The molecule has 60 valence electrons. The maximum Gasteiger partial charge on any atom is 0.138 e. The molecule has 0 amide bonds. The molecule has 1 aliphatic rings. The molecule has 1 heterocycles. The molecule has 0 saturated carbocycles. The van der Waals surface area contributed by atoms with Crippen molar-refractivity contribution in [3.8, 4) is 0 Å². The Morgan fingerprint density at radius 2 is 2.40 bits per heavy atom. The van der Waals surface area contributed by atoms with Gasteiger partial charge >= 0.3 is 0 Å². The van der Waals surface area contributed by atoms with Crippen LogP contribution in [0.4, 0.5) is 4.39 Å². The average molecular weight is 146 g/mol. The van der Waals surface area contributed by atoms with Crippen LogP contribution in [-0.2, 0) is 0 Å². The number of nitrogens with two attached hydrogens (primary N) is 1. The molecule has 0 aromatic carbocycles. The molecule has 3 heteroatoms. The Morgan fingerprint density at radius 1 is 1.70 bits per heavy atom. The first-order chi connectivity index (χ1) is 4.65. The van der Waals surface area contributed by atoms with Crippen molar-refractivity contribution < 1.29 is 4.39 Å². The Bertz CT molecular complexity index is 108. The van der Waals surface area contributed by atoms with Gasteiger partial charge in [0.25, 0.3) is 0 Å². The lowest BCUT2D eigenvalue weighted by Gasteiger charge is -2.33. The Morgan fingerprint density at radius 3 is 2.70 bits per heavy atom. The zero-order chi connectivity index (χ0) is 7.61. The van der Waals surface area contributed by atoms with E-state index in [1.165, 1.54) is 0 Å². The van der Waals surface area contributed by atoms with Crippen LogP contribution in [0.3, 0.4) is 0 Å². The van der Waals surface area contributed by atoms with Crippen molar-refractivity contribution in [3.63, 3.8) is 0 Å². The summed E-state index contributed by atoms with van der Waals surface area (Å²) < 4.78 is 13.5. The number of hydrogen-bond acceptors (Lipinski definition) is 2. The maximum atomic E-state index is 13.5. The molecule has 1 aliphatic heterocycles. The first-order valence-electron chi connectivity index (χ1n) is 3.80. The summed E-state index contributed by atoms with van der Waals surface area (Å²) in [6, 6.07) is -0.347. The van der Waals surface area contributed by atoms with Crippen LogP contribution in [0.15, 0.2) is 0 Å². The second-order valence-electron chi connectivity index (χ2n) is 3.10. The SMILES string of the molecule is CC(N)C1(F)CCCNC1. The monoisotopic (exact) mass is 146 g/mol. The molecule has 1 fully saturated rings. The molecule has 0 aromatic rings. The van der Waals surface area contributed by atoms with E-state index in [0.29, 0.717) is 13.0 Å². The number of piperidine rings is 1. The molecule has 10 heavy (non-hydrogen) atoms. The van der Waals surface area contributed by atoms with Crippen LogP contribution < -0.4 is 11.1 Å². The van der Waals surface area contributed by atoms with Gasteiger partial charge in [0.15, 0.2) is 0 Å². The van der Waals surface area contributed by atoms with Gasteiger partial charge in [-0.2, -0.15) is 0 Å². The van der Waals surface area contributed by atoms with Crippen molar-refractivity contribution >= 4 is 0 Å². The minimum atomic E-state index is -1.15. The molecule has 2 atom stereocenters. The van der Waals surface area contributed by atoms with Crippen molar-refractivity contribution in [2.75, 3.05) is 13.1 Å². The summed E-state index contributed by atoms with van der Waals surface area (Å²) in [5, 5.41) is 3.00. The molecule has 1 rings (SSSR count). The molecular weight excluding hydrogens is 131 g/mol. The molecule has 0 bridgehead atoms. The molecule has 1 saturated heterocycles. The van der Waals surface area contributed by atoms with Crippen LogP contribution >= 0.6 is 0 Å². The molecule has 0 radical (unpaired) electrons. The smallest absolute Gasteiger partial charge is 0.138 e. The fourth-order valence-electron chi connectivity index (χ4n) is 1.28. The van der Waals surface area contributed by atoms with Crippen molar-refractivity contribution in [2.45, 2.75) is 31.5 Å². The lowest BCUT2D eigenvalue weighted by Crippen LogP contribution is -2.52. The molecule has 2 nitrogen and oxygen atoms in total. The van der Waals surface area contributed by atoms with Crippen molar-refractivity contribution in [3.05, 3.63) is 0 Å². The van der Waals surface area contributed by atoms with E-state index in [1.54, 1.807) is 6.92 Å². The van der Waals surface area contributed by atoms with Gasteiger partial charge < -0.3 is 11.1 Å². The van der Waals surface area contributed by atoms with Crippen LogP contribution in [0.5, 0.6) is 0 Å². The summed E-state index contributed by atoms with van der Waals surface area (Å²) in [4.78, 5) is 0. The maximum absolute atomic E-state index is 13.5. The van der Waals surface area contributed by atoms with Crippen molar-refractivity contribution in [2.24, 2.45) is 5.73 Å². The average Bonchev–Trinajstić information content (AvgIpc) is 1.89. The number of hydrogen-bond donors (Lipinski definition) is 2. The van der Waals surface area contributed by atoms with Gasteiger partial charge in [-0.25, -0.2) is 4.39 Å². The van der Waals surface area contributed by atoms with Crippen LogP contribution in [-0.4, -0.2) is 24.8 Å². The van der Waals surface area contributed by atoms with Gasteiger partial charge in [0.05, 0.1) is 0 Å². The molecule has 2 unspecified atom stereocenters. The standard InChI is InChI=1S/C7H15FN2/c1-6(9)7(8)3-2-4-10-5-7/h6,10H,2-5,9H2,1H3. The Hall–Kier alpha value is -0.150. The number of rotatable bonds is 1. The third kappa shape index (κ3) is 1.47. The summed E-state index contributed by atoms with van der Waals surface area (Å²) in [7, 11) is 0. The predicted octanol–water partition coefficient (Wildman–Crippen LogP) is 0.425. The van der Waals surface area contributed by atoms with E-state index in [0.717, 1.165) is 13.0 Å². The molecular formula is C7H15FN2. The highest BCUT2D eigenvalue weighted by Gasteiger charge is 2.35. The van der Waals surface area contributed by atoms with Gasteiger partial charge in [-0.3, -0.25) is 0 Å². The predicted molar refractivity (Wildman–Crippen MR) is 39.6 cm³/mol. The highest BCUT2D eigenvalue weighted by atomic mass is 19.1. The Balaban J connectivity index is 2.48. The summed E-state index contributed by atoms with van der Waals surface area (Å²) in [5.74, 6) is 0. The van der Waals surface area contributed by atoms with Gasteiger partial charge in [0.1, 0.15) is 5.67 Å². The van der Waals surface area contributed by atoms with E-state index in [-0.39, 0.29) is 6.04 Å². The van der Waals surface area contributed by atoms with E-state index in [1.807, 2.05) is 0 Å². The van der Waals surface area contributed by atoms with E-state index in [4.69, 9.17) is 5.73 Å². The third-order valence-electron chi connectivity index (χ3n) is 2.18. The number of alkyl halides is 1. The quantitative estimate of drug-likeness (QED) is 0.563. The summed E-state index contributed by atoms with van der Waals surface area (Å²) in [6.07, 6.45) is 1.51. The molecule has 3 N–H and O–H groups in total. The van der Waals surface area contributed by atoms with Crippen LogP contribution in [0.25, 0.3) is 0 Å². The first kappa shape index (κ1) is 7.95. The summed E-state index contributed by atoms with van der Waals surface area (Å²) in [6.45, 7) is 3.08. The van der Waals surface area contributed by atoms with Gasteiger partial charge in [-0.15, -0.1) is 0 Å². The van der Waals surface area contributed by atoms with Crippen LogP contribution in [0.1, 0.15) is 19.8 Å². The minimum absolute atomic E-state index is 0.347. The van der Waals surface area contributed by atoms with Crippen molar-refractivity contribution in [1.29, 1.82) is 0 Å². The summed E-state index contributed by atoms with van der Waals surface area (Å²) in [5.41, 5.74) is 4.33. The molecule has 0 spiro atoms. The Labute approximate surface area is 61.0 Å². The topological polar surface area (TPSA) is 38.0 Å². The third-order valence-corrected chi connectivity index (χ3v) is 2.18. The van der Waals surface area contributed by atoms with Gasteiger partial charge in [-0.05, 0) is 26.3 Å². The lowest BCUT2D eigenvalue weighted by molar-refractivity contribution is 0.0967. The Kier molecular flexibility index (Phi) is 2.26. The number of halogens is 1. The normalized spacial score (nSPS) is 37.5. The van der Waals surface area contributed by atoms with Crippen LogP contribution in [0.2, 0.25) is 0 Å². The molecule has 0 aromatic heterocycles. The van der Waals surface area contributed by atoms with Crippen molar-refractivity contribution in [1.82, 2.24) is 5.32 Å². The largest absolute Gasteiger partial charge is 0.325 e. The number of nitrogens with one attached hydrogen (secondary N) is 1. The second-order valence-corrected chi connectivity index (χ2v) is 3.10. The second kappa shape index (κ2) is 2.84. The minimum Gasteiger partial charge on any atom is -0.325 e.